The number of ether oxygens (including phenoxy) is 1. The molecule has 0 bridgehead atoms. The van der Waals surface area contributed by atoms with Crippen LogP contribution in [0.25, 0.3) is 10.1 Å². The van der Waals surface area contributed by atoms with Gasteiger partial charge in [0.1, 0.15) is 10.6 Å². The molecule has 0 atom stereocenters. The number of esters is 1. The minimum Gasteiger partial charge on any atom is -0.505 e. The number of hydrogen-bond donors (Lipinski definition) is 2. The van der Waals surface area contributed by atoms with Gasteiger partial charge in [-0.15, -0.1) is 11.3 Å². The van der Waals surface area contributed by atoms with E-state index >= 15 is 0 Å². The molecule has 0 spiro atoms. The fourth-order valence-corrected chi connectivity index (χ4v) is 2.77. The van der Waals surface area contributed by atoms with Gasteiger partial charge in [-0.25, -0.2) is 4.79 Å². The maximum atomic E-state index is 11.7. The summed E-state index contributed by atoms with van der Waals surface area (Å²) in [6.07, 6.45) is 0. The second kappa shape index (κ2) is 4.43. The van der Waals surface area contributed by atoms with Gasteiger partial charge < -0.3 is 15.6 Å². The molecule has 1 heterocycles. The topological polar surface area (TPSA) is 72.5 Å². The van der Waals surface area contributed by atoms with E-state index in [0.29, 0.717) is 20.7 Å². The molecule has 1 aromatic heterocycles. The van der Waals surface area contributed by atoms with Gasteiger partial charge >= 0.3 is 5.97 Å². The monoisotopic (exact) mass is 271 g/mol. The number of aromatic hydroxyl groups is 1. The molecule has 2 rings (SSSR count). The molecular weight excluding hydrogens is 262 g/mol. The molecule has 0 amide bonds. The summed E-state index contributed by atoms with van der Waals surface area (Å²) in [5.74, 6) is -0.547. The molecule has 0 saturated heterocycles. The molecule has 6 heteroatoms. The second-order valence-electron chi connectivity index (χ2n) is 3.33. The van der Waals surface area contributed by atoms with Crippen LogP contribution >= 0.6 is 22.9 Å². The van der Waals surface area contributed by atoms with Gasteiger partial charge in [0.15, 0.2) is 5.75 Å². The maximum absolute atomic E-state index is 11.7. The summed E-state index contributed by atoms with van der Waals surface area (Å²) in [6, 6.07) is 3.17. The van der Waals surface area contributed by atoms with E-state index in [9.17, 15) is 9.90 Å². The van der Waals surface area contributed by atoms with Crippen LogP contribution in [0.1, 0.15) is 17.3 Å². The van der Waals surface area contributed by atoms with E-state index in [1.54, 1.807) is 13.0 Å². The molecule has 0 saturated carbocycles. The number of carbonyl (C=O) groups is 1. The largest absolute Gasteiger partial charge is 0.505 e. The van der Waals surface area contributed by atoms with E-state index in [2.05, 4.69) is 0 Å². The number of rotatable bonds is 2. The molecule has 0 aliphatic carbocycles. The normalized spacial score (nSPS) is 10.7. The first-order valence-electron chi connectivity index (χ1n) is 4.92. The highest BCUT2D eigenvalue weighted by molar-refractivity contribution is 7.23. The number of phenols is 1. The summed E-state index contributed by atoms with van der Waals surface area (Å²) >= 11 is 6.91. The van der Waals surface area contributed by atoms with Crippen LogP contribution in [0.3, 0.4) is 0 Å². The van der Waals surface area contributed by atoms with E-state index in [-0.39, 0.29) is 17.4 Å². The van der Waals surface area contributed by atoms with E-state index in [0.717, 1.165) is 11.3 Å². The number of nitrogen functional groups attached to an aromatic ring is 1. The highest BCUT2D eigenvalue weighted by Crippen LogP contribution is 2.42. The van der Waals surface area contributed by atoms with Crippen LogP contribution in [0.4, 0.5) is 5.00 Å². The van der Waals surface area contributed by atoms with Crippen LogP contribution in [0.2, 0.25) is 5.02 Å². The first-order valence-corrected chi connectivity index (χ1v) is 6.12. The smallest absolute Gasteiger partial charge is 0.341 e. The lowest BCUT2D eigenvalue weighted by Gasteiger charge is -2.02. The highest BCUT2D eigenvalue weighted by atomic mass is 35.5. The van der Waals surface area contributed by atoms with Crippen molar-refractivity contribution in [1.29, 1.82) is 0 Å². The number of halogens is 1. The van der Waals surface area contributed by atoms with Gasteiger partial charge in [-0.2, -0.15) is 0 Å². The molecule has 2 aromatic rings. The lowest BCUT2D eigenvalue weighted by atomic mass is 10.1. The zero-order valence-corrected chi connectivity index (χ0v) is 10.6. The minimum atomic E-state index is -0.488. The third kappa shape index (κ3) is 1.92. The van der Waals surface area contributed by atoms with E-state index in [4.69, 9.17) is 22.1 Å². The van der Waals surface area contributed by atoms with Crippen LogP contribution in [0.15, 0.2) is 12.1 Å². The number of fused-ring (bicyclic) bond motifs is 1. The van der Waals surface area contributed by atoms with Gasteiger partial charge in [-0.05, 0) is 13.0 Å². The summed E-state index contributed by atoms with van der Waals surface area (Å²) in [5, 5.41) is 10.9. The molecule has 17 heavy (non-hydrogen) atoms. The number of thiophene rings is 1. The average molecular weight is 272 g/mol. The Kier molecular flexibility index (Phi) is 3.13. The summed E-state index contributed by atoms with van der Waals surface area (Å²) in [6.45, 7) is 1.99. The van der Waals surface area contributed by atoms with Gasteiger partial charge in [-0.3, -0.25) is 0 Å². The number of hydrogen-bond acceptors (Lipinski definition) is 5. The molecule has 90 valence electrons. The van der Waals surface area contributed by atoms with Crippen molar-refractivity contribution in [2.75, 3.05) is 12.3 Å². The molecule has 0 aliphatic rings. The van der Waals surface area contributed by atoms with Crippen LogP contribution in [0.5, 0.6) is 5.75 Å². The molecule has 0 unspecified atom stereocenters. The van der Waals surface area contributed by atoms with Crippen molar-refractivity contribution in [1.82, 2.24) is 0 Å². The summed E-state index contributed by atoms with van der Waals surface area (Å²) in [5.41, 5.74) is 6.06. The zero-order chi connectivity index (χ0) is 12.6. The van der Waals surface area contributed by atoms with Crippen LogP contribution < -0.4 is 5.73 Å². The van der Waals surface area contributed by atoms with Crippen LogP contribution in [-0.2, 0) is 4.74 Å². The van der Waals surface area contributed by atoms with Gasteiger partial charge in [-0.1, -0.05) is 17.7 Å². The predicted molar refractivity (Wildman–Crippen MR) is 68.9 cm³/mol. The Morgan fingerprint density at radius 1 is 1.59 bits per heavy atom. The summed E-state index contributed by atoms with van der Waals surface area (Å²) < 4.78 is 5.42. The molecule has 0 aliphatic heterocycles. The minimum absolute atomic E-state index is 0.0589. The Hall–Kier alpha value is -1.46. The number of carbonyl (C=O) groups excluding carboxylic acids is 1. The van der Waals surface area contributed by atoms with Crippen molar-refractivity contribution in [3.8, 4) is 5.75 Å². The number of phenolic OH excluding ortho intramolecular Hbond substituents is 1. The van der Waals surface area contributed by atoms with Crippen molar-refractivity contribution >= 4 is 44.0 Å². The lowest BCUT2D eigenvalue weighted by Crippen LogP contribution is -2.05. The number of anilines is 1. The molecule has 0 radical (unpaired) electrons. The number of benzene rings is 1. The average Bonchev–Trinajstić information content (AvgIpc) is 2.61. The van der Waals surface area contributed by atoms with Crippen molar-refractivity contribution in [3.05, 3.63) is 22.7 Å². The molecule has 4 nitrogen and oxygen atoms in total. The van der Waals surface area contributed by atoms with Crippen molar-refractivity contribution < 1.29 is 14.6 Å². The predicted octanol–water partition coefficient (Wildman–Crippen LogP) is 3.02. The summed E-state index contributed by atoms with van der Waals surface area (Å²) in [7, 11) is 0. The molecule has 3 N–H and O–H groups in total. The zero-order valence-electron chi connectivity index (χ0n) is 8.99. The Balaban J connectivity index is 2.69. The van der Waals surface area contributed by atoms with Gasteiger partial charge in [0.25, 0.3) is 0 Å². The SMILES string of the molecule is CCOC(=O)c1c(N)sc2c(O)c(Cl)ccc12. The highest BCUT2D eigenvalue weighted by Gasteiger charge is 2.20. The standard InChI is InChI=1S/C11H10ClNO3S/c1-2-16-11(15)7-5-3-4-6(12)8(14)9(5)17-10(7)13/h3-4,14H,2,13H2,1H3. The first kappa shape index (κ1) is 12.0. The number of nitrogens with two attached hydrogens (primary N) is 1. The van der Waals surface area contributed by atoms with E-state index in [1.807, 2.05) is 0 Å². The van der Waals surface area contributed by atoms with Gasteiger partial charge in [0.2, 0.25) is 0 Å². The third-order valence-corrected chi connectivity index (χ3v) is 3.64. The van der Waals surface area contributed by atoms with Crippen molar-refractivity contribution in [2.24, 2.45) is 0 Å². The fourth-order valence-electron chi connectivity index (χ4n) is 1.55. The Morgan fingerprint density at radius 2 is 2.29 bits per heavy atom. The first-order chi connectivity index (χ1) is 8.06. The molecular formula is C11H10ClNO3S. The maximum Gasteiger partial charge on any atom is 0.341 e. The second-order valence-corrected chi connectivity index (χ2v) is 4.79. The Labute approximate surface area is 107 Å². The Morgan fingerprint density at radius 3 is 2.94 bits per heavy atom. The summed E-state index contributed by atoms with van der Waals surface area (Å²) in [4.78, 5) is 11.7. The molecule has 1 aromatic carbocycles. The third-order valence-electron chi connectivity index (χ3n) is 2.29. The van der Waals surface area contributed by atoms with Crippen molar-refractivity contribution in [2.45, 2.75) is 6.92 Å². The van der Waals surface area contributed by atoms with Gasteiger partial charge in [0.05, 0.1) is 16.3 Å². The quantitative estimate of drug-likeness (QED) is 0.824. The molecule has 0 fully saturated rings. The van der Waals surface area contributed by atoms with E-state index in [1.165, 1.54) is 6.07 Å². The lowest BCUT2D eigenvalue weighted by molar-refractivity contribution is 0.0530. The van der Waals surface area contributed by atoms with Gasteiger partial charge in [0, 0.05) is 5.39 Å². The van der Waals surface area contributed by atoms with Crippen LogP contribution in [-0.4, -0.2) is 17.7 Å². The van der Waals surface area contributed by atoms with E-state index < -0.39 is 5.97 Å². The Bertz CT molecular complexity index is 594. The van der Waals surface area contributed by atoms with Crippen molar-refractivity contribution in [3.63, 3.8) is 0 Å². The fraction of sp³-hybridized carbons (Fsp3) is 0.182. The van der Waals surface area contributed by atoms with Crippen LogP contribution in [0, 0.1) is 0 Å².